The molecule has 2 amide bonds. The van der Waals surface area contributed by atoms with Crippen molar-refractivity contribution in [3.05, 3.63) is 34.5 Å². The van der Waals surface area contributed by atoms with E-state index in [1.165, 1.54) is 0 Å². The number of nitrogens with zero attached hydrogens (tertiary/aromatic N) is 2. The average Bonchev–Trinajstić information content (AvgIpc) is 3.50. The van der Waals surface area contributed by atoms with Crippen molar-refractivity contribution >= 4 is 23.2 Å². The maximum Gasteiger partial charge on any atom is 0.230 e. The van der Waals surface area contributed by atoms with Crippen molar-refractivity contribution < 1.29 is 19.1 Å². The molecule has 4 aliphatic rings. The van der Waals surface area contributed by atoms with Crippen LogP contribution in [0.3, 0.4) is 0 Å². The van der Waals surface area contributed by atoms with Crippen molar-refractivity contribution in [1.29, 1.82) is 0 Å². The van der Waals surface area contributed by atoms with Crippen LogP contribution in [0.15, 0.2) is 29.7 Å². The topological polar surface area (TPSA) is 71.1 Å². The van der Waals surface area contributed by atoms with Crippen LogP contribution in [0.1, 0.15) is 11.3 Å². The van der Waals surface area contributed by atoms with Gasteiger partial charge in [0.2, 0.25) is 11.8 Å². The lowest BCUT2D eigenvalue weighted by Crippen LogP contribution is -2.44. The summed E-state index contributed by atoms with van der Waals surface area (Å²) >= 11 is 1.62. The number of thiophene rings is 1. The highest BCUT2D eigenvalue weighted by atomic mass is 32.1. The van der Waals surface area contributed by atoms with Crippen molar-refractivity contribution in [2.24, 2.45) is 11.8 Å². The average molecular weight is 418 g/mol. The second-order valence-corrected chi connectivity index (χ2v) is 9.30. The molecule has 0 radical (unpaired) electrons. The number of ether oxygens (including phenoxy) is 2. The molecule has 4 aliphatic heterocycles. The predicted octanol–water partition coefficient (Wildman–Crippen LogP) is 0.869. The maximum atomic E-state index is 13.2. The van der Waals surface area contributed by atoms with Gasteiger partial charge >= 0.3 is 0 Å². The molecule has 4 atom stereocenters. The van der Waals surface area contributed by atoms with E-state index in [1.54, 1.807) is 11.3 Å². The zero-order valence-corrected chi connectivity index (χ0v) is 17.2. The normalized spacial score (nSPS) is 33.4. The van der Waals surface area contributed by atoms with E-state index in [0.29, 0.717) is 19.6 Å². The highest BCUT2D eigenvalue weighted by Gasteiger charge is 2.66. The maximum absolute atomic E-state index is 13.2. The van der Waals surface area contributed by atoms with Crippen LogP contribution >= 0.6 is 11.3 Å². The molecule has 2 bridgehead atoms. The summed E-state index contributed by atoms with van der Waals surface area (Å²) in [5, 5.41) is 5.01. The quantitative estimate of drug-likeness (QED) is 0.667. The minimum absolute atomic E-state index is 0.0649. The highest BCUT2D eigenvalue weighted by Crippen LogP contribution is 2.51. The molecule has 0 saturated carbocycles. The Bertz CT molecular complexity index is 792. The Balaban J connectivity index is 1.20. The van der Waals surface area contributed by atoms with Gasteiger partial charge in [-0.2, -0.15) is 0 Å². The molecule has 7 nitrogen and oxygen atoms in total. The summed E-state index contributed by atoms with van der Waals surface area (Å²) in [4.78, 5) is 31.5. The molecular formula is C21H27N3O4S. The third kappa shape index (κ3) is 3.52. The zero-order chi connectivity index (χ0) is 19.8. The van der Waals surface area contributed by atoms with Crippen LogP contribution < -0.4 is 5.32 Å². The van der Waals surface area contributed by atoms with E-state index in [0.717, 1.165) is 44.1 Å². The number of amides is 2. The SMILES string of the molecule is O=C(NCc1cccs1)C1C2C=CC3(CN(CCCN4CCOCC4)C(=O)C13)O2. The number of nitrogens with one attached hydrogen (secondary N) is 1. The smallest absolute Gasteiger partial charge is 0.230 e. The van der Waals surface area contributed by atoms with E-state index in [1.807, 2.05) is 34.6 Å². The minimum atomic E-state index is -0.619. The number of rotatable bonds is 7. The van der Waals surface area contributed by atoms with Crippen molar-refractivity contribution in [2.75, 3.05) is 45.9 Å². The lowest BCUT2D eigenvalue weighted by atomic mass is 9.77. The van der Waals surface area contributed by atoms with Gasteiger partial charge in [-0.05, 0) is 17.9 Å². The van der Waals surface area contributed by atoms with E-state index in [-0.39, 0.29) is 17.9 Å². The van der Waals surface area contributed by atoms with Crippen LogP contribution in [0.4, 0.5) is 0 Å². The molecule has 1 aromatic heterocycles. The Hall–Kier alpha value is -1.74. The Labute approximate surface area is 174 Å². The Morgan fingerprint density at radius 3 is 2.97 bits per heavy atom. The van der Waals surface area contributed by atoms with Crippen molar-refractivity contribution in [3.8, 4) is 0 Å². The standard InChI is InChI=1S/C21H27N3O4S/c25-19(22-13-15-3-1-12-29-15)17-16-4-5-21(28-16)14-24(20(26)18(17)21)7-2-6-23-8-10-27-11-9-23/h1,3-5,12,16-18H,2,6-11,13-14H2,(H,22,25). The lowest BCUT2D eigenvalue weighted by Gasteiger charge is -2.27. The number of morpholine rings is 1. The molecule has 5 rings (SSSR count). The van der Waals surface area contributed by atoms with Crippen LogP contribution in [0, 0.1) is 11.8 Å². The van der Waals surface area contributed by atoms with Gasteiger partial charge in [-0.3, -0.25) is 14.5 Å². The van der Waals surface area contributed by atoms with Gasteiger partial charge in [0, 0.05) is 31.1 Å². The number of carbonyl (C=O) groups is 2. The number of fused-ring (bicyclic) bond motifs is 1. The van der Waals surface area contributed by atoms with Crippen molar-refractivity contribution in [3.63, 3.8) is 0 Å². The molecule has 4 unspecified atom stereocenters. The fourth-order valence-corrected chi connectivity index (χ4v) is 5.73. The fourth-order valence-electron chi connectivity index (χ4n) is 5.08. The van der Waals surface area contributed by atoms with Crippen LogP contribution in [0.5, 0.6) is 0 Å². The zero-order valence-electron chi connectivity index (χ0n) is 16.4. The van der Waals surface area contributed by atoms with Gasteiger partial charge in [0.1, 0.15) is 5.60 Å². The van der Waals surface area contributed by atoms with Crippen LogP contribution in [0.25, 0.3) is 0 Å². The van der Waals surface area contributed by atoms with Gasteiger partial charge in [-0.15, -0.1) is 11.3 Å². The molecule has 3 saturated heterocycles. The van der Waals surface area contributed by atoms with Gasteiger partial charge < -0.3 is 19.7 Å². The first-order chi connectivity index (χ1) is 14.2. The largest absolute Gasteiger partial charge is 0.379 e. The Kier molecular flexibility index (Phi) is 5.19. The summed E-state index contributed by atoms with van der Waals surface area (Å²) in [6.07, 6.45) is 4.63. The molecule has 1 aromatic rings. The molecule has 29 heavy (non-hydrogen) atoms. The first-order valence-electron chi connectivity index (χ1n) is 10.4. The fraction of sp³-hybridized carbons (Fsp3) is 0.619. The lowest BCUT2D eigenvalue weighted by molar-refractivity contribution is -0.137. The predicted molar refractivity (Wildman–Crippen MR) is 108 cm³/mol. The summed E-state index contributed by atoms with van der Waals surface area (Å²) < 4.78 is 11.6. The number of hydrogen-bond donors (Lipinski definition) is 1. The van der Waals surface area contributed by atoms with Crippen molar-refractivity contribution in [2.45, 2.75) is 24.7 Å². The first-order valence-corrected chi connectivity index (χ1v) is 11.3. The third-order valence-electron chi connectivity index (χ3n) is 6.50. The molecule has 5 heterocycles. The second-order valence-electron chi connectivity index (χ2n) is 8.26. The summed E-state index contributed by atoms with van der Waals surface area (Å²) in [7, 11) is 0. The number of hydrogen-bond acceptors (Lipinski definition) is 6. The van der Waals surface area contributed by atoms with Crippen LogP contribution in [-0.2, 0) is 25.6 Å². The van der Waals surface area contributed by atoms with E-state index >= 15 is 0 Å². The van der Waals surface area contributed by atoms with Gasteiger partial charge in [0.15, 0.2) is 0 Å². The summed E-state index contributed by atoms with van der Waals surface area (Å²) in [6, 6.07) is 3.97. The Morgan fingerprint density at radius 2 is 2.17 bits per heavy atom. The molecular weight excluding hydrogens is 390 g/mol. The highest BCUT2D eigenvalue weighted by molar-refractivity contribution is 7.09. The van der Waals surface area contributed by atoms with E-state index < -0.39 is 17.4 Å². The van der Waals surface area contributed by atoms with Gasteiger partial charge in [0.25, 0.3) is 0 Å². The first kappa shape index (κ1) is 19.2. The van der Waals surface area contributed by atoms with Gasteiger partial charge in [-0.1, -0.05) is 18.2 Å². The minimum Gasteiger partial charge on any atom is -0.379 e. The van der Waals surface area contributed by atoms with E-state index in [2.05, 4.69) is 10.2 Å². The van der Waals surface area contributed by atoms with Crippen LogP contribution in [0.2, 0.25) is 0 Å². The molecule has 0 aromatic carbocycles. The van der Waals surface area contributed by atoms with Gasteiger partial charge in [-0.25, -0.2) is 0 Å². The third-order valence-corrected chi connectivity index (χ3v) is 7.38. The summed E-state index contributed by atoms with van der Waals surface area (Å²) in [5.41, 5.74) is -0.619. The molecule has 0 aliphatic carbocycles. The van der Waals surface area contributed by atoms with Gasteiger partial charge in [0.05, 0.1) is 44.2 Å². The van der Waals surface area contributed by atoms with E-state index in [4.69, 9.17) is 9.47 Å². The molecule has 8 heteroatoms. The number of likely N-dealkylation sites (tertiary alicyclic amines) is 1. The second kappa shape index (κ2) is 7.83. The molecule has 1 spiro atoms. The van der Waals surface area contributed by atoms with E-state index in [9.17, 15) is 9.59 Å². The van der Waals surface area contributed by atoms with Crippen LogP contribution in [-0.4, -0.2) is 79.3 Å². The molecule has 1 N–H and O–H groups in total. The molecule has 3 fully saturated rings. The Morgan fingerprint density at radius 1 is 1.31 bits per heavy atom. The number of carbonyl (C=O) groups excluding carboxylic acids is 2. The van der Waals surface area contributed by atoms with Crippen molar-refractivity contribution in [1.82, 2.24) is 15.1 Å². The summed E-state index contributed by atoms with van der Waals surface area (Å²) in [5.74, 6) is -0.848. The monoisotopic (exact) mass is 417 g/mol. The summed E-state index contributed by atoms with van der Waals surface area (Å²) in [6.45, 7) is 6.23. The molecule has 156 valence electrons.